The molecule has 1 unspecified atom stereocenters. The lowest BCUT2D eigenvalue weighted by Gasteiger charge is -2.25. The SMILES string of the molecule is Cc1ccc(C)c(C(C)NC(=O)c2cc(S(=O)(=O)N3CCCCC3)cn2C)c1. The lowest BCUT2D eigenvalue weighted by atomic mass is 10.00. The largest absolute Gasteiger partial charge is 0.345 e. The molecule has 0 saturated carbocycles. The molecule has 1 N–H and O–H groups in total. The Hall–Kier alpha value is -2.12. The number of benzene rings is 1. The molecule has 2 aromatic rings. The number of amides is 1. The van der Waals surface area contributed by atoms with E-state index >= 15 is 0 Å². The quantitative estimate of drug-likeness (QED) is 0.833. The first-order chi connectivity index (χ1) is 13.2. The van der Waals surface area contributed by atoms with Gasteiger partial charge >= 0.3 is 0 Å². The first-order valence-corrected chi connectivity index (χ1v) is 11.2. The molecular formula is C21H29N3O3S. The molecule has 6 nitrogen and oxygen atoms in total. The predicted octanol–water partition coefficient (Wildman–Crippen LogP) is 3.31. The smallest absolute Gasteiger partial charge is 0.268 e. The Bertz CT molecular complexity index is 973. The number of nitrogens with zero attached hydrogens (tertiary/aromatic N) is 2. The molecule has 1 aliphatic rings. The minimum absolute atomic E-state index is 0.176. The van der Waals surface area contributed by atoms with Crippen molar-refractivity contribution in [1.82, 2.24) is 14.2 Å². The molecule has 2 heterocycles. The molecule has 152 valence electrons. The van der Waals surface area contributed by atoms with Gasteiger partial charge in [0.2, 0.25) is 10.0 Å². The van der Waals surface area contributed by atoms with Crippen LogP contribution in [0.15, 0.2) is 35.4 Å². The summed E-state index contributed by atoms with van der Waals surface area (Å²) in [6.45, 7) is 7.06. The summed E-state index contributed by atoms with van der Waals surface area (Å²) in [6, 6.07) is 7.46. The number of nitrogens with one attached hydrogen (secondary N) is 1. The standard InChI is InChI=1S/C21H29N3O3S/c1-15-8-9-16(2)19(12-15)17(3)22-21(25)20-13-18(14-23(20)4)28(26,27)24-10-6-5-7-11-24/h8-9,12-14,17H,5-7,10-11H2,1-4H3,(H,22,25). The maximum Gasteiger partial charge on any atom is 0.268 e. The fourth-order valence-corrected chi connectivity index (χ4v) is 5.32. The van der Waals surface area contributed by atoms with Crippen LogP contribution in [0.4, 0.5) is 0 Å². The summed E-state index contributed by atoms with van der Waals surface area (Å²) in [7, 11) is -1.86. The molecule has 0 radical (unpaired) electrons. The van der Waals surface area contributed by atoms with Gasteiger partial charge in [-0.3, -0.25) is 4.79 Å². The second-order valence-corrected chi connectivity index (χ2v) is 9.63. The van der Waals surface area contributed by atoms with Gasteiger partial charge in [0.15, 0.2) is 0 Å². The predicted molar refractivity (Wildman–Crippen MR) is 110 cm³/mol. The zero-order valence-electron chi connectivity index (χ0n) is 17.0. The van der Waals surface area contributed by atoms with Crippen molar-refractivity contribution in [3.63, 3.8) is 0 Å². The zero-order valence-corrected chi connectivity index (χ0v) is 17.8. The van der Waals surface area contributed by atoms with Gasteiger partial charge in [-0.2, -0.15) is 4.31 Å². The van der Waals surface area contributed by atoms with E-state index in [2.05, 4.69) is 11.4 Å². The van der Waals surface area contributed by atoms with Crippen LogP contribution in [0.5, 0.6) is 0 Å². The molecule has 0 aliphatic carbocycles. The van der Waals surface area contributed by atoms with Crippen LogP contribution in [-0.4, -0.2) is 36.3 Å². The Kier molecular flexibility index (Phi) is 5.95. The Morgan fingerprint density at radius 2 is 1.79 bits per heavy atom. The van der Waals surface area contributed by atoms with Gasteiger partial charge in [-0.1, -0.05) is 30.2 Å². The molecule has 1 amide bonds. The number of sulfonamides is 1. The molecule has 1 fully saturated rings. The Balaban J connectivity index is 1.80. The van der Waals surface area contributed by atoms with Gasteiger partial charge in [-0.05, 0) is 50.8 Å². The molecular weight excluding hydrogens is 374 g/mol. The molecule has 7 heteroatoms. The van der Waals surface area contributed by atoms with Gasteiger partial charge in [0.25, 0.3) is 5.91 Å². The molecule has 1 aromatic heterocycles. The average molecular weight is 404 g/mol. The summed E-state index contributed by atoms with van der Waals surface area (Å²) in [6.07, 6.45) is 4.35. The lowest BCUT2D eigenvalue weighted by Crippen LogP contribution is -2.35. The van der Waals surface area contributed by atoms with E-state index in [9.17, 15) is 13.2 Å². The molecule has 3 rings (SSSR count). The maximum atomic E-state index is 12.9. The second-order valence-electron chi connectivity index (χ2n) is 7.69. The summed E-state index contributed by atoms with van der Waals surface area (Å²) >= 11 is 0. The van der Waals surface area contributed by atoms with Crippen molar-refractivity contribution in [2.24, 2.45) is 7.05 Å². The van der Waals surface area contributed by atoms with E-state index in [-0.39, 0.29) is 16.8 Å². The lowest BCUT2D eigenvalue weighted by molar-refractivity contribution is 0.0931. The van der Waals surface area contributed by atoms with Crippen LogP contribution in [0, 0.1) is 13.8 Å². The highest BCUT2D eigenvalue weighted by atomic mass is 32.2. The number of hydrogen-bond donors (Lipinski definition) is 1. The number of hydrogen-bond acceptors (Lipinski definition) is 3. The van der Waals surface area contributed by atoms with Gasteiger partial charge in [-0.25, -0.2) is 8.42 Å². The fourth-order valence-electron chi connectivity index (χ4n) is 3.73. The van der Waals surface area contributed by atoms with Crippen LogP contribution in [0.3, 0.4) is 0 Å². The van der Waals surface area contributed by atoms with E-state index in [4.69, 9.17) is 0 Å². The van der Waals surface area contributed by atoms with Gasteiger partial charge in [-0.15, -0.1) is 0 Å². The second kappa shape index (κ2) is 8.09. The summed E-state index contributed by atoms with van der Waals surface area (Å²) < 4.78 is 28.9. The first-order valence-electron chi connectivity index (χ1n) is 9.74. The van der Waals surface area contributed by atoms with E-state index in [1.54, 1.807) is 11.6 Å². The number of piperidine rings is 1. The number of carbonyl (C=O) groups is 1. The fraction of sp³-hybridized carbons (Fsp3) is 0.476. The number of aromatic nitrogens is 1. The third-order valence-corrected chi connectivity index (χ3v) is 7.28. The first kappa shape index (κ1) is 20.6. The van der Waals surface area contributed by atoms with Crippen LogP contribution in [-0.2, 0) is 17.1 Å². The van der Waals surface area contributed by atoms with E-state index in [0.717, 1.165) is 36.0 Å². The molecule has 28 heavy (non-hydrogen) atoms. The van der Waals surface area contributed by atoms with E-state index in [1.807, 2.05) is 32.9 Å². The molecule has 0 bridgehead atoms. The van der Waals surface area contributed by atoms with Crippen molar-refractivity contribution in [2.45, 2.75) is 51.0 Å². The highest BCUT2D eigenvalue weighted by Gasteiger charge is 2.28. The van der Waals surface area contributed by atoms with Gasteiger partial charge in [0.05, 0.1) is 6.04 Å². The van der Waals surface area contributed by atoms with Crippen molar-refractivity contribution in [3.8, 4) is 0 Å². The number of rotatable bonds is 5. The van der Waals surface area contributed by atoms with Crippen molar-refractivity contribution in [1.29, 1.82) is 0 Å². The molecule has 1 saturated heterocycles. The van der Waals surface area contributed by atoms with E-state index < -0.39 is 10.0 Å². The molecule has 1 aliphatic heterocycles. The maximum absolute atomic E-state index is 12.9. The van der Waals surface area contributed by atoms with Crippen molar-refractivity contribution in [3.05, 3.63) is 52.8 Å². The zero-order chi connectivity index (χ0) is 20.5. The summed E-state index contributed by atoms with van der Waals surface area (Å²) in [5.41, 5.74) is 3.64. The third-order valence-electron chi connectivity index (χ3n) is 5.41. The van der Waals surface area contributed by atoms with Crippen molar-refractivity contribution >= 4 is 15.9 Å². The van der Waals surface area contributed by atoms with Crippen LogP contribution in [0.2, 0.25) is 0 Å². The third kappa shape index (κ3) is 4.15. The highest BCUT2D eigenvalue weighted by Crippen LogP contribution is 2.23. The monoisotopic (exact) mass is 403 g/mol. The van der Waals surface area contributed by atoms with Crippen molar-refractivity contribution in [2.75, 3.05) is 13.1 Å². The Morgan fingerprint density at radius 3 is 2.46 bits per heavy atom. The van der Waals surface area contributed by atoms with Crippen LogP contribution in [0.1, 0.15) is 59.4 Å². The highest BCUT2D eigenvalue weighted by molar-refractivity contribution is 7.89. The van der Waals surface area contributed by atoms with Crippen LogP contribution in [0.25, 0.3) is 0 Å². The average Bonchev–Trinajstić information content (AvgIpc) is 3.07. The summed E-state index contributed by atoms with van der Waals surface area (Å²) in [5.74, 6) is -0.281. The Morgan fingerprint density at radius 1 is 1.11 bits per heavy atom. The Labute approximate surface area is 167 Å². The topological polar surface area (TPSA) is 71.4 Å². The minimum Gasteiger partial charge on any atom is -0.345 e. The summed E-state index contributed by atoms with van der Waals surface area (Å²) in [4.78, 5) is 13.0. The normalized spacial score (nSPS) is 16.7. The summed E-state index contributed by atoms with van der Waals surface area (Å²) in [5, 5.41) is 3.00. The minimum atomic E-state index is -3.56. The van der Waals surface area contributed by atoms with Gasteiger partial charge in [0.1, 0.15) is 10.6 Å². The van der Waals surface area contributed by atoms with E-state index in [0.29, 0.717) is 18.8 Å². The van der Waals surface area contributed by atoms with Crippen LogP contribution < -0.4 is 5.32 Å². The van der Waals surface area contributed by atoms with Gasteiger partial charge in [0, 0.05) is 26.3 Å². The number of aryl methyl sites for hydroxylation is 3. The molecule has 1 aromatic carbocycles. The number of carbonyl (C=O) groups excluding carboxylic acids is 1. The van der Waals surface area contributed by atoms with Crippen molar-refractivity contribution < 1.29 is 13.2 Å². The van der Waals surface area contributed by atoms with Crippen LogP contribution >= 0.6 is 0 Å². The van der Waals surface area contributed by atoms with E-state index in [1.165, 1.54) is 16.6 Å². The molecule has 1 atom stereocenters. The van der Waals surface area contributed by atoms with Gasteiger partial charge < -0.3 is 9.88 Å². The molecule has 0 spiro atoms.